The van der Waals surface area contributed by atoms with Crippen LogP contribution in [-0.2, 0) is 0 Å². The molecule has 5 heteroatoms. The van der Waals surface area contributed by atoms with Crippen molar-refractivity contribution in [1.29, 1.82) is 0 Å². The van der Waals surface area contributed by atoms with Gasteiger partial charge in [-0.15, -0.1) is 0 Å². The van der Waals surface area contributed by atoms with Crippen molar-refractivity contribution < 1.29 is 4.79 Å². The molecule has 3 fully saturated rings. The first-order chi connectivity index (χ1) is 14.7. The Morgan fingerprint density at radius 3 is 2.30 bits per heavy atom. The molecule has 1 aliphatic carbocycles. The second-order valence-corrected chi connectivity index (χ2v) is 9.06. The molecule has 5 rings (SSSR count). The predicted molar refractivity (Wildman–Crippen MR) is 120 cm³/mol. The molecule has 2 aliphatic heterocycles. The number of hydrogen-bond acceptors (Lipinski definition) is 4. The largest absolute Gasteiger partial charge is 0.354 e. The molecule has 0 bridgehead atoms. The minimum Gasteiger partial charge on any atom is -0.354 e. The summed E-state index contributed by atoms with van der Waals surface area (Å²) in [5.74, 6) is 1.58. The summed E-state index contributed by atoms with van der Waals surface area (Å²) in [7, 11) is 0. The maximum absolute atomic E-state index is 13.1. The van der Waals surface area contributed by atoms with E-state index < -0.39 is 0 Å². The van der Waals surface area contributed by atoms with Crippen LogP contribution in [0.15, 0.2) is 42.5 Å². The molecule has 1 aromatic heterocycles. The number of amides is 1. The molecule has 1 saturated carbocycles. The fourth-order valence-corrected chi connectivity index (χ4v) is 5.07. The highest BCUT2D eigenvalue weighted by molar-refractivity contribution is 5.92. The van der Waals surface area contributed by atoms with E-state index in [0.29, 0.717) is 11.6 Å². The van der Waals surface area contributed by atoms with Gasteiger partial charge in [-0.25, -0.2) is 4.98 Å². The summed E-state index contributed by atoms with van der Waals surface area (Å²) < 4.78 is 0. The molecular weight excluding hydrogens is 372 g/mol. The molecule has 2 aromatic rings. The van der Waals surface area contributed by atoms with Crippen LogP contribution >= 0.6 is 0 Å². The third kappa shape index (κ3) is 4.08. The van der Waals surface area contributed by atoms with Crippen molar-refractivity contribution in [3.8, 4) is 0 Å². The van der Waals surface area contributed by atoms with Crippen LogP contribution in [0.1, 0.15) is 53.2 Å². The summed E-state index contributed by atoms with van der Waals surface area (Å²) in [6.07, 6.45) is 4.78. The van der Waals surface area contributed by atoms with Crippen molar-refractivity contribution >= 4 is 11.7 Å². The Morgan fingerprint density at radius 1 is 0.867 bits per heavy atom. The van der Waals surface area contributed by atoms with Crippen molar-refractivity contribution in [3.63, 3.8) is 0 Å². The van der Waals surface area contributed by atoms with Crippen LogP contribution in [0.25, 0.3) is 0 Å². The van der Waals surface area contributed by atoms with E-state index in [-0.39, 0.29) is 5.91 Å². The minimum absolute atomic E-state index is 0.0803. The Balaban J connectivity index is 1.21. The number of pyridine rings is 1. The summed E-state index contributed by atoms with van der Waals surface area (Å²) in [6, 6.07) is 15.4. The predicted octanol–water partition coefficient (Wildman–Crippen LogP) is 3.69. The van der Waals surface area contributed by atoms with Gasteiger partial charge in [-0.05, 0) is 61.8 Å². The number of piperidine rings is 1. The fourth-order valence-electron chi connectivity index (χ4n) is 5.07. The van der Waals surface area contributed by atoms with Crippen LogP contribution in [0.2, 0.25) is 0 Å². The first-order valence-electron chi connectivity index (χ1n) is 11.5. The molecule has 3 aliphatic rings. The van der Waals surface area contributed by atoms with Gasteiger partial charge in [0.15, 0.2) is 0 Å². The second-order valence-electron chi connectivity index (χ2n) is 9.06. The lowest BCUT2D eigenvalue weighted by atomic mass is 9.87. The first-order valence-corrected chi connectivity index (χ1v) is 11.5. The van der Waals surface area contributed by atoms with Gasteiger partial charge in [0.1, 0.15) is 11.5 Å². The van der Waals surface area contributed by atoms with Gasteiger partial charge in [-0.3, -0.25) is 9.69 Å². The monoisotopic (exact) mass is 404 g/mol. The van der Waals surface area contributed by atoms with Gasteiger partial charge in [-0.2, -0.15) is 0 Å². The van der Waals surface area contributed by atoms with Crippen molar-refractivity contribution in [2.75, 3.05) is 44.2 Å². The Morgan fingerprint density at radius 2 is 1.60 bits per heavy atom. The summed E-state index contributed by atoms with van der Waals surface area (Å²) >= 11 is 0. The van der Waals surface area contributed by atoms with Crippen molar-refractivity contribution in [1.82, 2.24) is 14.8 Å². The number of aromatic nitrogens is 1. The number of hydrogen-bond donors (Lipinski definition) is 0. The lowest BCUT2D eigenvalue weighted by molar-refractivity contribution is 0.0707. The average molecular weight is 405 g/mol. The van der Waals surface area contributed by atoms with E-state index in [1.165, 1.54) is 24.0 Å². The van der Waals surface area contributed by atoms with E-state index >= 15 is 0 Å². The highest BCUT2D eigenvalue weighted by Crippen LogP contribution is 2.31. The van der Waals surface area contributed by atoms with Gasteiger partial charge in [0, 0.05) is 45.3 Å². The third-order valence-corrected chi connectivity index (χ3v) is 7.07. The molecule has 5 nitrogen and oxygen atoms in total. The van der Waals surface area contributed by atoms with E-state index in [1.54, 1.807) is 0 Å². The molecule has 158 valence electrons. The normalized spacial score (nSPS) is 21.1. The second kappa shape index (κ2) is 8.38. The zero-order chi connectivity index (χ0) is 20.5. The average Bonchev–Trinajstić information content (AvgIpc) is 3.65. The van der Waals surface area contributed by atoms with Crippen LogP contribution in [0.4, 0.5) is 5.82 Å². The molecule has 0 spiro atoms. The molecule has 0 N–H and O–H groups in total. The molecule has 0 atom stereocenters. The van der Waals surface area contributed by atoms with E-state index in [4.69, 9.17) is 4.98 Å². The molecule has 1 amide bonds. The van der Waals surface area contributed by atoms with E-state index in [2.05, 4.69) is 41.0 Å². The van der Waals surface area contributed by atoms with Crippen LogP contribution < -0.4 is 4.90 Å². The van der Waals surface area contributed by atoms with Crippen molar-refractivity contribution in [2.24, 2.45) is 0 Å². The molecule has 3 heterocycles. The lowest BCUT2D eigenvalue weighted by Crippen LogP contribution is -2.47. The topological polar surface area (TPSA) is 39.7 Å². The van der Waals surface area contributed by atoms with Gasteiger partial charge >= 0.3 is 0 Å². The van der Waals surface area contributed by atoms with E-state index in [0.717, 1.165) is 64.0 Å². The summed E-state index contributed by atoms with van der Waals surface area (Å²) in [5, 5.41) is 0. The highest BCUT2D eigenvalue weighted by Gasteiger charge is 2.32. The summed E-state index contributed by atoms with van der Waals surface area (Å²) in [4.78, 5) is 24.8. The maximum atomic E-state index is 13.1. The number of nitrogens with zero attached hydrogens (tertiary/aromatic N) is 4. The number of carbonyl (C=O) groups excluding carboxylic acids is 1. The smallest absolute Gasteiger partial charge is 0.272 e. The van der Waals surface area contributed by atoms with Gasteiger partial charge < -0.3 is 9.80 Å². The van der Waals surface area contributed by atoms with Gasteiger partial charge in [-0.1, -0.05) is 30.3 Å². The Labute approximate surface area is 179 Å². The van der Waals surface area contributed by atoms with Crippen LogP contribution in [0, 0.1) is 6.92 Å². The van der Waals surface area contributed by atoms with E-state index in [9.17, 15) is 4.79 Å². The lowest BCUT2D eigenvalue weighted by Gasteiger charge is -2.36. The van der Waals surface area contributed by atoms with Gasteiger partial charge in [0.2, 0.25) is 0 Å². The summed E-state index contributed by atoms with van der Waals surface area (Å²) in [5.41, 5.74) is 3.39. The van der Waals surface area contributed by atoms with Crippen LogP contribution in [0.5, 0.6) is 0 Å². The SMILES string of the molecule is Cc1ccccc1C1CCN(C(=O)c2cccc(N3CCN(C4CC4)CC3)n2)CC1. The van der Waals surface area contributed by atoms with Crippen molar-refractivity contribution in [3.05, 3.63) is 59.3 Å². The minimum atomic E-state index is 0.0803. The summed E-state index contributed by atoms with van der Waals surface area (Å²) in [6.45, 7) is 8.03. The van der Waals surface area contributed by atoms with E-state index in [1.807, 2.05) is 23.1 Å². The molecule has 30 heavy (non-hydrogen) atoms. The maximum Gasteiger partial charge on any atom is 0.272 e. The third-order valence-electron chi connectivity index (χ3n) is 7.07. The highest BCUT2D eigenvalue weighted by atomic mass is 16.2. The molecule has 2 saturated heterocycles. The number of piperazine rings is 1. The van der Waals surface area contributed by atoms with Crippen LogP contribution in [-0.4, -0.2) is 66.0 Å². The zero-order valence-corrected chi connectivity index (χ0v) is 18.0. The van der Waals surface area contributed by atoms with Crippen LogP contribution in [0.3, 0.4) is 0 Å². The number of anilines is 1. The number of likely N-dealkylation sites (tertiary alicyclic amines) is 1. The number of carbonyl (C=O) groups is 1. The standard InChI is InChI=1S/C25H32N4O/c1-19-5-2-3-6-22(19)20-11-13-29(14-12-20)25(30)23-7-4-8-24(26-23)28-17-15-27(16-18-28)21-9-10-21/h2-8,20-21H,9-18H2,1H3. The Bertz CT molecular complexity index is 894. The molecule has 0 unspecified atom stereocenters. The molecular formula is C25H32N4O. The molecule has 1 aromatic carbocycles. The number of benzene rings is 1. The van der Waals surface area contributed by atoms with Gasteiger partial charge in [0.25, 0.3) is 5.91 Å². The molecule has 0 radical (unpaired) electrons. The zero-order valence-electron chi connectivity index (χ0n) is 18.0. The Kier molecular flexibility index (Phi) is 5.47. The van der Waals surface area contributed by atoms with Gasteiger partial charge in [0.05, 0.1) is 0 Å². The quantitative estimate of drug-likeness (QED) is 0.779. The fraction of sp³-hybridized carbons (Fsp3) is 0.520. The van der Waals surface area contributed by atoms with Crippen molar-refractivity contribution in [2.45, 2.75) is 44.6 Å². The number of aryl methyl sites for hydroxylation is 1. The first kappa shape index (κ1) is 19.6. The number of rotatable bonds is 4. The Hall–Kier alpha value is -2.40.